The molecule has 19 heavy (non-hydrogen) atoms. The second-order valence-corrected chi connectivity index (χ2v) is 5.69. The lowest BCUT2D eigenvalue weighted by molar-refractivity contribution is 0.451. The SMILES string of the molecule is Cc1cc(CC(C)NC2Cc3ccccc3C2)n[nH]1. The van der Waals surface area contributed by atoms with Crippen molar-refractivity contribution in [2.45, 2.75) is 45.2 Å². The first-order chi connectivity index (χ1) is 9.20. The van der Waals surface area contributed by atoms with Crippen LogP contribution >= 0.6 is 0 Å². The Hall–Kier alpha value is -1.61. The topological polar surface area (TPSA) is 40.7 Å². The molecule has 0 radical (unpaired) electrons. The van der Waals surface area contributed by atoms with Crippen molar-refractivity contribution in [3.63, 3.8) is 0 Å². The van der Waals surface area contributed by atoms with Gasteiger partial charge in [0.25, 0.3) is 0 Å². The zero-order valence-corrected chi connectivity index (χ0v) is 11.6. The molecule has 2 N–H and O–H groups in total. The van der Waals surface area contributed by atoms with Crippen LogP contribution in [0.5, 0.6) is 0 Å². The fourth-order valence-electron chi connectivity index (χ4n) is 3.03. The third kappa shape index (κ3) is 2.87. The summed E-state index contributed by atoms with van der Waals surface area (Å²) in [4.78, 5) is 0. The first-order valence-electron chi connectivity index (χ1n) is 7.04. The van der Waals surface area contributed by atoms with Gasteiger partial charge in [-0.05, 0) is 43.9 Å². The third-order valence-corrected chi connectivity index (χ3v) is 3.85. The predicted octanol–water partition coefficient (Wildman–Crippen LogP) is 2.41. The van der Waals surface area contributed by atoms with Crippen molar-refractivity contribution in [1.29, 1.82) is 0 Å². The lowest BCUT2D eigenvalue weighted by atomic mass is 10.1. The van der Waals surface area contributed by atoms with E-state index in [2.05, 4.69) is 52.8 Å². The van der Waals surface area contributed by atoms with Crippen molar-refractivity contribution in [3.8, 4) is 0 Å². The van der Waals surface area contributed by atoms with E-state index in [1.54, 1.807) is 0 Å². The Morgan fingerprint density at radius 1 is 1.32 bits per heavy atom. The number of aromatic amines is 1. The number of rotatable bonds is 4. The molecular weight excluding hydrogens is 234 g/mol. The Kier molecular flexibility index (Phi) is 3.38. The van der Waals surface area contributed by atoms with Crippen LogP contribution in [0, 0.1) is 6.92 Å². The standard InChI is InChI=1S/C16H21N3/c1-11(7-16-8-12(2)18-19-16)17-15-9-13-5-3-4-6-14(13)10-15/h3-6,8,11,15,17H,7,9-10H2,1-2H3,(H,18,19). The number of fused-ring (bicyclic) bond motifs is 1. The monoisotopic (exact) mass is 255 g/mol. The average Bonchev–Trinajstić information content (AvgIpc) is 2.94. The molecule has 1 atom stereocenters. The van der Waals surface area contributed by atoms with Gasteiger partial charge in [-0.15, -0.1) is 0 Å². The van der Waals surface area contributed by atoms with Gasteiger partial charge in [-0.1, -0.05) is 24.3 Å². The van der Waals surface area contributed by atoms with Gasteiger partial charge in [0.05, 0.1) is 5.69 Å². The maximum absolute atomic E-state index is 4.30. The first kappa shape index (κ1) is 12.4. The van der Waals surface area contributed by atoms with Crippen LogP contribution in [0.4, 0.5) is 0 Å². The van der Waals surface area contributed by atoms with Gasteiger partial charge in [-0.25, -0.2) is 0 Å². The first-order valence-corrected chi connectivity index (χ1v) is 7.04. The van der Waals surface area contributed by atoms with Crippen LogP contribution in [0.25, 0.3) is 0 Å². The quantitative estimate of drug-likeness (QED) is 0.881. The molecule has 3 nitrogen and oxygen atoms in total. The van der Waals surface area contributed by atoms with Gasteiger partial charge in [0.2, 0.25) is 0 Å². The van der Waals surface area contributed by atoms with Crippen molar-refractivity contribution in [3.05, 3.63) is 52.8 Å². The van der Waals surface area contributed by atoms with Gasteiger partial charge in [0.15, 0.2) is 0 Å². The molecule has 0 fully saturated rings. The largest absolute Gasteiger partial charge is 0.310 e. The number of benzene rings is 1. The number of hydrogen-bond donors (Lipinski definition) is 2. The molecule has 0 bridgehead atoms. The minimum atomic E-state index is 0.460. The van der Waals surface area contributed by atoms with E-state index in [1.165, 1.54) is 11.1 Å². The molecule has 100 valence electrons. The van der Waals surface area contributed by atoms with Gasteiger partial charge < -0.3 is 5.32 Å². The summed E-state index contributed by atoms with van der Waals surface area (Å²) in [5.41, 5.74) is 5.29. The smallest absolute Gasteiger partial charge is 0.0640 e. The molecule has 1 aromatic heterocycles. The van der Waals surface area contributed by atoms with E-state index >= 15 is 0 Å². The van der Waals surface area contributed by atoms with E-state index in [1.807, 2.05) is 6.92 Å². The maximum atomic E-state index is 4.30. The highest BCUT2D eigenvalue weighted by Crippen LogP contribution is 2.22. The van der Waals surface area contributed by atoms with Crippen molar-refractivity contribution in [2.24, 2.45) is 0 Å². The Bertz CT molecular complexity index is 534. The Labute approximate surface area is 114 Å². The number of nitrogens with zero attached hydrogens (tertiary/aromatic N) is 1. The van der Waals surface area contributed by atoms with E-state index < -0.39 is 0 Å². The molecule has 0 spiro atoms. The van der Waals surface area contributed by atoms with Gasteiger partial charge in [-0.3, -0.25) is 5.10 Å². The van der Waals surface area contributed by atoms with E-state index in [0.29, 0.717) is 12.1 Å². The van der Waals surface area contributed by atoms with Crippen LogP contribution in [0.15, 0.2) is 30.3 Å². The second kappa shape index (κ2) is 5.17. The van der Waals surface area contributed by atoms with Gasteiger partial charge in [-0.2, -0.15) is 5.10 Å². The molecule has 0 saturated heterocycles. The zero-order chi connectivity index (χ0) is 13.2. The van der Waals surface area contributed by atoms with Crippen molar-refractivity contribution >= 4 is 0 Å². The summed E-state index contributed by atoms with van der Waals surface area (Å²) in [5, 5.41) is 11.0. The number of nitrogens with one attached hydrogen (secondary N) is 2. The van der Waals surface area contributed by atoms with E-state index in [-0.39, 0.29) is 0 Å². The zero-order valence-electron chi connectivity index (χ0n) is 11.6. The number of H-pyrrole nitrogens is 1. The molecule has 1 aromatic carbocycles. The van der Waals surface area contributed by atoms with Crippen LogP contribution in [-0.4, -0.2) is 22.3 Å². The minimum Gasteiger partial charge on any atom is -0.310 e. The van der Waals surface area contributed by atoms with Gasteiger partial charge in [0, 0.05) is 24.2 Å². The summed E-state index contributed by atoms with van der Waals surface area (Å²) in [5.74, 6) is 0. The summed E-state index contributed by atoms with van der Waals surface area (Å²) in [7, 11) is 0. The molecule has 2 aromatic rings. The number of aromatic nitrogens is 2. The van der Waals surface area contributed by atoms with Crippen LogP contribution in [0.1, 0.15) is 29.4 Å². The van der Waals surface area contributed by atoms with Crippen molar-refractivity contribution in [2.75, 3.05) is 0 Å². The molecule has 3 heteroatoms. The van der Waals surface area contributed by atoms with E-state index in [0.717, 1.165) is 30.7 Å². The summed E-state index contributed by atoms with van der Waals surface area (Å²) in [6.07, 6.45) is 3.29. The van der Waals surface area contributed by atoms with Gasteiger partial charge >= 0.3 is 0 Å². The predicted molar refractivity (Wildman–Crippen MR) is 77.3 cm³/mol. The molecule has 1 heterocycles. The van der Waals surface area contributed by atoms with Crippen LogP contribution in [-0.2, 0) is 19.3 Å². The highest BCUT2D eigenvalue weighted by Gasteiger charge is 2.22. The molecule has 1 aliphatic rings. The van der Waals surface area contributed by atoms with Gasteiger partial charge in [0.1, 0.15) is 0 Å². The molecule has 0 saturated carbocycles. The Morgan fingerprint density at radius 3 is 2.58 bits per heavy atom. The molecular formula is C16H21N3. The summed E-state index contributed by atoms with van der Waals surface area (Å²) < 4.78 is 0. The number of hydrogen-bond acceptors (Lipinski definition) is 2. The molecule has 1 unspecified atom stereocenters. The maximum Gasteiger partial charge on any atom is 0.0640 e. The number of aryl methyl sites for hydroxylation is 1. The molecule has 1 aliphatic carbocycles. The van der Waals surface area contributed by atoms with Crippen molar-refractivity contribution < 1.29 is 0 Å². The summed E-state index contributed by atoms with van der Waals surface area (Å²) in [6, 6.07) is 11.9. The van der Waals surface area contributed by atoms with Crippen LogP contribution < -0.4 is 5.32 Å². The average molecular weight is 255 g/mol. The highest BCUT2D eigenvalue weighted by molar-refractivity contribution is 5.33. The van der Waals surface area contributed by atoms with Crippen LogP contribution in [0.3, 0.4) is 0 Å². The molecule has 0 aliphatic heterocycles. The normalized spacial score (nSPS) is 16.5. The van der Waals surface area contributed by atoms with Crippen LogP contribution in [0.2, 0.25) is 0 Å². The Morgan fingerprint density at radius 2 is 2.00 bits per heavy atom. The van der Waals surface area contributed by atoms with Crippen molar-refractivity contribution in [1.82, 2.24) is 15.5 Å². The highest BCUT2D eigenvalue weighted by atomic mass is 15.1. The Balaban J connectivity index is 1.55. The third-order valence-electron chi connectivity index (χ3n) is 3.85. The van der Waals surface area contributed by atoms with E-state index in [9.17, 15) is 0 Å². The molecule has 3 rings (SSSR count). The van der Waals surface area contributed by atoms with E-state index in [4.69, 9.17) is 0 Å². The second-order valence-electron chi connectivity index (χ2n) is 5.69. The minimum absolute atomic E-state index is 0.460. The fourth-order valence-corrected chi connectivity index (χ4v) is 3.03. The lowest BCUT2D eigenvalue weighted by Crippen LogP contribution is -2.38. The fraction of sp³-hybridized carbons (Fsp3) is 0.438. The lowest BCUT2D eigenvalue weighted by Gasteiger charge is -2.18. The summed E-state index contributed by atoms with van der Waals surface area (Å²) >= 11 is 0. The summed E-state index contributed by atoms with van der Waals surface area (Å²) in [6.45, 7) is 4.29. The molecule has 0 amide bonds.